The zero-order valence-electron chi connectivity index (χ0n) is 14.8. The second kappa shape index (κ2) is 6.99. The smallest absolute Gasteiger partial charge is 0.128 e. The third kappa shape index (κ3) is 3.17. The van der Waals surface area contributed by atoms with Crippen LogP contribution in [-0.2, 0) is 0 Å². The number of hydrogen-bond acceptors (Lipinski definition) is 5. The summed E-state index contributed by atoms with van der Waals surface area (Å²) in [5.74, 6) is 1.06. The van der Waals surface area contributed by atoms with Crippen LogP contribution in [0, 0.1) is 5.82 Å². The molecule has 0 atom stereocenters. The Morgan fingerprint density at radius 3 is 2.41 bits per heavy atom. The van der Waals surface area contributed by atoms with Crippen molar-refractivity contribution < 1.29 is 13.9 Å². The predicted molar refractivity (Wildman–Crippen MR) is 101 cm³/mol. The molecule has 0 aliphatic carbocycles. The van der Waals surface area contributed by atoms with Gasteiger partial charge in [-0.25, -0.2) is 19.3 Å². The monoisotopic (exact) mass is 361 g/mol. The number of halogens is 1. The number of pyridine rings is 1. The molecular formula is C21H16FN3O2. The molecular weight excluding hydrogens is 345 g/mol. The fourth-order valence-electron chi connectivity index (χ4n) is 2.92. The first-order valence-electron chi connectivity index (χ1n) is 8.29. The number of methoxy groups -OCH3 is 2. The van der Waals surface area contributed by atoms with E-state index < -0.39 is 0 Å². The van der Waals surface area contributed by atoms with Crippen molar-refractivity contribution in [3.05, 3.63) is 66.7 Å². The molecule has 2 aromatic carbocycles. The summed E-state index contributed by atoms with van der Waals surface area (Å²) < 4.78 is 24.1. The summed E-state index contributed by atoms with van der Waals surface area (Å²) in [6.45, 7) is 0. The van der Waals surface area contributed by atoms with Gasteiger partial charge in [0.25, 0.3) is 0 Å². The van der Waals surface area contributed by atoms with Gasteiger partial charge in [-0.2, -0.15) is 0 Å². The molecule has 2 aromatic heterocycles. The van der Waals surface area contributed by atoms with E-state index in [1.54, 1.807) is 26.4 Å². The summed E-state index contributed by atoms with van der Waals surface area (Å²) in [6, 6.07) is 15.4. The van der Waals surface area contributed by atoms with Crippen LogP contribution < -0.4 is 9.47 Å². The van der Waals surface area contributed by atoms with Crippen LogP contribution in [0.2, 0.25) is 0 Å². The Labute approximate surface area is 155 Å². The van der Waals surface area contributed by atoms with Gasteiger partial charge in [-0.1, -0.05) is 0 Å². The summed E-state index contributed by atoms with van der Waals surface area (Å²) in [5.41, 5.74) is 4.25. The molecule has 0 unspecified atom stereocenters. The minimum absolute atomic E-state index is 0.287. The lowest BCUT2D eigenvalue weighted by molar-refractivity contribution is 0.404. The van der Waals surface area contributed by atoms with Crippen LogP contribution in [0.25, 0.3) is 33.5 Å². The standard InChI is InChI=1S/C21H16FN3O2/c1-26-15-7-10-19(27-2)16(11-15)20-21-18(23-12-24-20)9-8-17(25-21)13-3-5-14(22)6-4-13/h3-12H,1-2H3. The normalized spacial score (nSPS) is 10.8. The van der Waals surface area contributed by atoms with E-state index in [-0.39, 0.29) is 5.82 Å². The molecule has 0 amide bonds. The number of hydrogen-bond donors (Lipinski definition) is 0. The summed E-state index contributed by atoms with van der Waals surface area (Å²) in [6.07, 6.45) is 1.50. The van der Waals surface area contributed by atoms with Gasteiger partial charge in [0.05, 0.1) is 25.4 Å². The highest BCUT2D eigenvalue weighted by molar-refractivity contribution is 5.92. The highest BCUT2D eigenvalue weighted by Crippen LogP contribution is 2.35. The Kier molecular flexibility index (Phi) is 4.38. The third-order valence-electron chi connectivity index (χ3n) is 4.28. The van der Waals surface area contributed by atoms with Crippen molar-refractivity contribution in [1.29, 1.82) is 0 Å². The van der Waals surface area contributed by atoms with Crippen LogP contribution in [0.5, 0.6) is 11.5 Å². The Morgan fingerprint density at radius 2 is 1.67 bits per heavy atom. The lowest BCUT2D eigenvalue weighted by Crippen LogP contribution is -1.96. The molecule has 27 heavy (non-hydrogen) atoms. The maximum Gasteiger partial charge on any atom is 0.128 e. The summed E-state index contributed by atoms with van der Waals surface area (Å²) in [7, 11) is 3.21. The van der Waals surface area contributed by atoms with E-state index in [2.05, 4.69) is 9.97 Å². The van der Waals surface area contributed by atoms with Gasteiger partial charge in [0.1, 0.15) is 34.9 Å². The lowest BCUT2D eigenvalue weighted by Gasteiger charge is -2.12. The summed E-state index contributed by atoms with van der Waals surface area (Å²) in [4.78, 5) is 13.5. The van der Waals surface area contributed by atoms with E-state index >= 15 is 0 Å². The molecule has 134 valence electrons. The Balaban J connectivity index is 1.94. The van der Waals surface area contributed by atoms with Crippen molar-refractivity contribution in [3.8, 4) is 34.0 Å². The second-order valence-corrected chi connectivity index (χ2v) is 5.86. The number of fused-ring (bicyclic) bond motifs is 1. The second-order valence-electron chi connectivity index (χ2n) is 5.86. The van der Waals surface area contributed by atoms with Crippen molar-refractivity contribution in [2.45, 2.75) is 0 Å². The van der Waals surface area contributed by atoms with Gasteiger partial charge >= 0.3 is 0 Å². The molecule has 0 saturated carbocycles. The molecule has 0 saturated heterocycles. The first-order chi connectivity index (χ1) is 13.2. The van der Waals surface area contributed by atoms with E-state index in [0.717, 1.165) is 11.1 Å². The Bertz CT molecular complexity index is 1110. The Morgan fingerprint density at radius 1 is 0.852 bits per heavy atom. The molecule has 0 N–H and O–H groups in total. The van der Waals surface area contributed by atoms with E-state index in [1.165, 1.54) is 18.5 Å². The number of ether oxygens (including phenoxy) is 2. The lowest BCUT2D eigenvalue weighted by atomic mass is 10.1. The van der Waals surface area contributed by atoms with Crippen LogP contribution in [0.3, 0.4) is 0 Å². The van der Waals surface area contributed by atoms with Gasteiger partial charge in [0.2, 0.25) is 0 Å². The average Bonchev–Trinajstić information content (AvgIpc) is 2.73. The molecule has 0 bridgehead atoms. The predicted octanol–water partition coefficient (Wildman–Crippen LogP) is 4.52. The molecule has 0 spiro atoms. The third-order valence-corrected chi connectivity index (χ3v) is 4.28. The van der Waals surface area contributed by atoms with Crippen LogP contribution in [0.15, 0.2) is 60.9 Å². The zero-order chi connectivity index (χ0) is 18.8. The minimum Gasteiger partial charge on any atom is -0.497 e. The molecule has 6 heteroatoms. The fourth-order valence-corrected chi connectivity index (χ4v) is 2.92. The van der Waals surface area contributed by atoms with Gasteiger partial charge in [-0.15, -0.1) is 0 Å². The van der Waals surface area contributed by atoms with Crippen LogP contribution in [0.1, 0.15) is 0 Å². The zero-order valence-corrected chi connectivity index (χ0v) is 14.8. The number of aromatic nitrogens is 3. The first-order valence-corrected chi connectivity index (χ1v) is 8.29. The van der Waals surface area contributed by atoms with Gasteiger partial charge in [-0.3, -0.25) is 0 Å². The van der Waals surface area contributed by atoms with Gasteiger partial charge in [0, 0.05) is 11.1 Å². The van der Waals surface area contributed by atoms with Crippen LogP contribution >= 0.6 is 0 Å². The van der Waals surface area contributed by atoms with Gasteiger partial charge in [0.15, 0.2) is 0 Å². The average molecular weight is 361 g/mol. The van der Waals surface area contributed by atoms with Crippen LogP contribution in [0.4, 0.5) is 4.39 Å². The largest absolute Gasteiger partial charge is 0.497 e. The highest BCUT2D eigenvalue weighted by Gasteiger charge is 2.15. The molecule has 4 aromatic rings. The molecule has 0 aliphatic rings. The molecule has 0 aliphatic heterocycles. The number of rotatable bonds is 4. The molecule has 0 fully saturated rings. The maximum atomic E-state index is 13.2. The summed E-state index contributed by atoms with van der Waals surface area (Å²) in [5, 5.41) is 0. The Hall–Kier alpha value is -3.54. The SMILES string of the molecule is COc1ccc(OC)c(-c2ncnc3ccc(-c4ccc(F)cc4)nc23)c1. The van der Waals surface area contributed by atoms with E-state index in [9.17, 15) is 4.39 Å². The first kappa shape index (κ1) is 16.9. The van der Waals surface area contributed by atoms with Crippen LogP contribution in [-0.4, -0.2) is 29.2 Å². The van der Waals surface area contributed by atoms with Gasteiger partial charge < -0.3 is 9.47 Å². The van der Waals surface area contributed by atoms with E-state index in [4.69, 9.17) is 14.5 Å². The number of nitrogens with zero attached hydrogens (tertiary/aromatic N) is 3. The highest BCUT2D eigenvalue weighted by atomic mass is 19.1. The molecule has 2 heterocycles. The molecule has 0 radical (unpaired) electrons. The van der Waals surface area contributed by atoms with E-state index in [0.29, 0.717) is 33.9 Å². The molecule has 5 nitrogen and oxygen atoms in total. The van der Waals surface area contributed by atoms with Crippen molar-refractivity contribution in [1.82, 2.24) is 15.0 Å². The van der Waals surface area contributed by atoms with E-state index in [1.807, 2.05) is 30.3 Å². The minimum atomic E-state index is -0.287. The topological polar surface area (TPSA) is 57.1 Å². The summed E-state index contributed by atoms with van der Waals surface area (Å²) >= 11 is 0. The molecule has 4 rings (SSSR count). The van der Waals surface area contributed by atoms with Crippen molar-refractivity contribution in [2.75, 3.05) is 14.2 Å². The van der Waals surface area contributed by atoms with Crippen molar-refractivity contribution >= 4 is 11.0 Å². The maximum absolute atomic E-state index is 13.2. The quantitative estimate of drug-likeness (QED) is 0.535. The van der Waals surface area contributed by atoms with Crippen molar-refractivity contribution in [3.63, 3.8) is 0 Å². The van der Waals surface area contributed by atoms with Gasteiger partial charge in [-0.05, 0) is 54.6 Å². The number of benzene rings is 2. The fraction of sp³-hybridized carbons (Fsp3) is 0.0952. The van der Waals surface area contributed by atoms with Crippen molar-refractivity contribution in [2.24, 2.45) is 0 Å².